The van der Waals surface area contributed by atoms with Crippen molar-refractivity contribution >= 4 is 35.6 Å². The van der Waals surface area contributed by atoms with Crippen LogP contribution in [0.1, 0.15) is 31.7 Å². The van der Waals surface area contributed by atoms with Gasteiger partial charge in [0, 0.05) is 11.6 Å². The summed E-state index contributed by atoms with van der Waals surface area (Å²) >= 11 is 0. The van der Waals surface area contributed by atoms with Gasteiger partial charge in [0.1, 0.15) is 11.6 Å². The fraction of sp³-hybridized carbons (Fsp3) is 0.316. The van der Waals surface area contributed by atoms with Gasteiger partial charge in [0.15, 0.2) is 5.96 Å². The van der Waals surface area contributed by atoms with E-state index in [0.717, 1.165) is 17.9 Å². The van der Waals surface area contributed by atoms with E-state index in [1.165, 1.54) is 6.07 Å². The van der Waals surface area contributed by atoms with E-state index in [2.05, 4.69) is 10.3 Å². The maximum atomic E-state index is 13.8. The number of nitrogens with one attached hydrogen (secondary N) is 1. The molecule has 134 valence electrons. The van der Waals surface area contributed by atoms with Gasteiger partial charge in [0.25, 0.3) is 0 Å². The van der Waals surface area contributed by atoms with Crippen LogP contribution in [0.15, 0.2) is 53.5 Å². The summed E-state index contributed by atoms with van der Waals surface area (Å²) in [5.41, 5.74) is 7.52. The van der Waals surface area contributed by atoms with Crippen LogP contribution in [0.2, 0.25) is 0 Å². The summed E-state index contributed by atoms with van der Waals surface area (Å²) in [6.07, 6.45) is 0.963. The number of nitrogens with two attached hydrogens (primary N) is 1. The van der Waals surface area contributed by atoms with Gasteiger partial charge in [-0.05, 0) is 56.2 Å². The molecule has 2 aromatic carbocycles. The second-order valence-electron chi connectivity index (χ2n) is 6.26. The van der Waals surface area contributed by atoms with Crippen LogP contribution in [-0.2, 0) is 0 Å². The lowest BCUT2D eigenvalue weighted by Crippen LogP contribution is -2.23. The molecule has 0 aromatic heterocycles. The second-order valence-corrected chi connectivity index (χ2v) is 6.26. The predicted molar refractivity (Wildman–Crippen MR) is 110 cm³/mol. The smallest absolute Gasteiger partial charge is 0.193 e. The van der Waals surface area contributed by atoms with Crippen molar-refractivity contribution in [2.45, 2.75) is 38.3 Å². The third kappa shape index (κ3) is 5.32. The summed E-state index contributed by atoms with van der Waals surface area (Å²) in [6, 6.07) is 14.4. The molecule has 0 aliphatic heterocycles. The standard InChI is InChI=1S/C19H22FN3O.HI/c1-12(2)24-14-9-7-13(8-10-14)22-19(21)23-18-11-16(18)15-5-3-4-6-17(15)20;/h3-10,12,16,18H,11H2,1-2H3,(H3,21,22,23);1H. The van der Waals surface area contributed by atoms with Crippen molar-refractivity contribution in [2.24, 2.45) is 10.7 Å². The number of anilines is 1. The van der Waals surface area contributed by atoms with E-state index >= 15 is 0 Å². The van der Waals surface area contributed by atoms with E-state index in [4.69, 9.17) is 10.5 Å². The molecule has 0 spiro atoms. The molecule has 2 atom stereocenters. The van der Waals surface area contributed by atoms with E-state index in [-0.39, 0.29) is 47.9 Å². The molecule has 1 fully saturated rings. The average Bonchev–Trinajstić information content (AvgIpc) is 3.28. The second kappa shape index (κ2) is 8.51. The Labute approximate surface area is 164 Å². The summed E-state index contributed by atoms with van der Waals surface area (Å²) in [5.74, 6) is 1.10. The number of ether oxygens (including phenoxy) is 1. The van der Waals surface area contributed by atoms with Crippen molar-refractivity contribution in [3.8, 4) is 5.75 Å². The zero-order valence-electron chi connectivity index (χ0n) is 14.3. The first kappa shape index (κ1) is 19.5. The highest BCUT2D eigenvalue weighted by molar-refractivity contribution is 14.0. The first-order chi connectivity index (χ1) is 11.5. The molecule has 4 nitrogen and oxygen atoms in total. The zero-order chi connectivity index (χ0) is 17.1. The van der Waals surface area contributed by atoms with Crippen LogP contribution in [0.25, 0.3) is 0 Å². The number of halogens is 2. The van der Waals surface area contributed by atoms with Crippen LogP contribution in [-0.4, -0.2) is 18.1 Å². The van der Waals surface area contributed by atoms with E-state index in [1.54, 1.807) is 6.07 Å². The van der Waals surface area contributed by atoms with E-state index < -0.39 is 0 Å². The fourth-order valence-corrected chi connectivity index (χ4v) is 2.68. The number of hydrogen-bond acceptors (Lipinski definition) is 2. The monoisotopic (exact) mass is 455 g/mol. The Balaban J connectivity index is 0.00000225. The van der Waals surface area contributed by atoms with Crippen molar-refractivity contribution in [3.05, 3.63) is 59.9 Å². The summed E-state index contributed by atoms with van der Waals surface area (Å²) in [6.45, 7) is 3.97. The largest absolute Gasteiger partial charge is 0.491 e. The molecular formula is C19H23FIN3O. The van der Waals surface area contributed by atoms with Crippen LogP contribution in [0.3, 0.4) is 0 Å². The average molecular weight is 455 g/mol. The lowest BCUT2D eigenvalue weighted by molar-refractivity contribution is 0.242. The molecule has 1 aliphatic rings. The topological polar surface area (TPSA) is 59.6 Å². The summed E-state index contributed by atoms with van der Waals surface area (Å²) in [7, 11) is 0. The van der Waals surface area contributed by atoms with Crippen LogP contribution >= 0.6 is 24.0 Å². The Morgan fingerprint density at radius 2 is 1.88 bits per heavy atom. The molecule has 1 aliphatic carbocycles. The molecule has 0 saturated heterocycles. The van der Waals surface area contributed by atoms with E-state index in [1.807, 2.05) is 50.2 Å². The quantitative estimate of drug-likeness (QED) is 0.396. The number of nitrogens with zero attached hydrogens (tertiary/aromatic N) is 1. The minimum Gasteiger partial charge on any atom is -0.491 e. The Morgan fingerprint density at radius 1 is 1.20 bits per heavy atom. The highest BCUT2D eigenvalue weighted by Crippen LogP contribution is 2.44. The van der Waals surface area contributed by atoms with Crippen LogP contribution in [0, 0.1) is 5.82 Å². The Morgan fingerprint density at radius 3 is 2.52 bits per heavy atom. The molecule has 1 saturated carbocycles. The van der Waals surface area contributed by atoms with Gasteiger partial charge in [-0.2, -0.15) is 0 Å². The van der Waals surface area contributed by atoms with Crippen LogP contribution in [0.5, 0.6) is 5.75 Å². The summed E-state index contributed by atoms with van der Waals surface area (Å²) < 4.78 is 19.4. The minimum absolute atomic E-state index is 0. The Hall–Kier alpha value is -1.83. The molecule has 0 amide bonds. The van der Waals surface area contributed by atoms with Gasteiger partial charge >= 0.3 is 0 Å². The molecule has 6 heteroatoms. The van der Waals surface area contributed by atoms with Crippen LogP contribution in [0.4, 0.5) is 10.1 Å². The molecule has 2 unspecified atom stereocenters. The van der Waals surface area contributed by atoms with Crippen molar-refractivity contribution < 1.29 is 9.13 Å². The molecule has 0 heterocycles. The van der Waals surface area contributed by atoms with Gasteiger partial charge in [-0.15, -0.1) is 24.0 Å². The molecule has 0 radical (unpaired) electrons. The molecule has 25 heavy (non-hydrogen) atoms. The number of benzene rings is 2. The van der Waals surface area contributed by atoms with Gasteiger partial charge in [-0.1, -0.05) is 18.2 Å². The summed E-state index contributed by atoms with van der Waals surface area (Å²) in [5, 5.41) is 3.06. The minimum atomic E-state index is -0.174. The van der Waals surface area contributed by atoms with Gasteiger partial charge in [-0.25, -0.2) is 9.38 Å². The van der Waals surface area contributed by atoms with Crippen molar-refractivity contribution in [1.82, 2.24) is 0 Å². The SMILES string of the molecule is CC(C)Oc1ccc(NC(N)=NC2CC2c2ccccc2F)cc1.I. The fourth-order valence-electron chi connectivity index (χ4n) is 2.68. The maximum absolute atomic E-state index is 13.8. The lowest BCUT2D eigenvalue weighted by atomic mass is 10.1. The highest BCUT2D eigenvalue weighted by atomic mass is 127. The molecule has 3 N–H and O–H groups in total. The number of aliphatic imine (C=N–C) groups is 1. The van der Waals surface area contributed by atoms with Crippen molar-refractivity contribution in [2.75, 3.05) is 5.32 Å². The lowest BCUT2D eigenvalue weighted by Gasteiger charge is -2.11. The predicted octanol–water partition coefficient (Wildman–Crippen LogP) is 4.51. The van der Waals surface area contributed by atoms with Gasteiger partial charge in [0.2, 0.25) is 0 Å². The molecule has 2 aromatic rings. The van der Waals surface area contributed by atoms with Crippen molar-refractivity contribution in [3.63, 3.8) is 0 Å². The number of hydrogen-bond donors (Lipinski definition) is 2. The molecular weight excluding hydrogens is 432 g/mol. The Kier molecular flexibility index (Phi) is 6.64. The van der Waals surface area contributed by atoms with Crippen LogP contribution < -0.4 is 15.8 Å². The summed E-state index contributed by atoms with van der Waals surface area (Å²) in [4.78, 5) is 4.44. The Bertz CT molecular complexity index is 734. The first-order valence-electron chi connectivity index (χ1n) is 8.14. The number of guanidine groups is 1. The van der Waals surface area contributed by atoms with Crippen molar-refractivity contribution in [1.29, 1.82) is 0 Å². The normalized spacial score (nSPS) is 19.3. The highest BCUT2D eigenvalue weighted by Gasteiger charge is 2.40. The number of rotatable bonds is 5. The van der Waals surface area contributed by atoms with Gasteiger partial charge < -0.3 is 15.8 Å². The first-order valence-corrected chi connectivity index (χ1v) is 8.14. The van der Waals surface area contributed by atoms with E-state index in [0.29, 0.717) is 11.5 Å². The molecule has 3 rings (SSSR count). The zero-order valence-corrected chi connectivity index (χ0v) is 16.6. The third-order valence-electron chi connectivity index (χ3n) is 3.86. The van der Waals surface area contributed by atoms with Gasteiger partial charge in [-0.3, -0.25) is 0 Å². The van der Waals surface area contributed by atoms with E-state index in [9.17, 15) is 4.39 Å². The molecule has 0 bridgehead atoms. The van der Waals surface area contributed by atoms with Gasteiger partial charge in [0.05, 0.1) is 12.1 Å². The maximum Gasteiger partial charge on any atom is 0.193 e. The third-order valence-corrected chi connectivity index (χ3v) is 3.86.